The number of anilines is 1. The molecule has 1 saturated carbocycles. The van der Waals surface area contributed by atoms with Crippen LogP contribution < -0.4 is 22.2 Å². The van der Waals surface area contributed by atoms with E-state index >= 15 is 0 Å². The number of fused-ring (bicyclic) bond motifs is 1. The highest BCUT2D eigenvalue weighted by molar-refractivity contribution is 5.76. The zero-order valence-corrected chi connectivity index (χ0v) is 14.8. The quantitative estimate of drug-likeness (QED) is 0.477. The molecule has 0 saturated heterocycles. The van der Waals surface area contributed by atoms with Crippen molar-refractivity contribution >= 4 is 17.1 Å². The van der Waals surface area contributed by atoms with Crippen LogP contribution in [0, 0.1) is 16.0 Å². The summed E-state index contributed by atoms with van der Waals surface area (Å²) in [6.07, 6.45) is 9.33. The fourth-order valence-corrected chi connectivity index (χ4v) is 3.86. The number of nitro groups is 1. The molecule has 2 heterocycles. The van der Waals surface area contributed by atoms with Gasteiger partial charge in [0.25, 0.3) is 5.69 Å². The Labute approximate surface area is 156 Å². The molecule has 27 heavy (non-hydrogen) atoms. The van der Waals surface area contributed by atoms with Crippen molar-refractivity contribution in [1.29, 1.82) is 0 Å². The molecule has 1 aliphatic carbocycles. The SMILES string of the molecule is NC1CCC(C2(N)C=C(Nc3ccc([N+](=O)[O-])cc3)c3nccn3N2)CC1. The molecule has 0 radical (unpaired) electrons. The van der Waals surface area contributed by atoms with Gasteiger partial charge in [0.2, 0.25) is 0 Å². The number of aromatic nitrogens is 2. The first-order valence-electron chi connectivity index (χ1n) is 9.05. The molecule has 9 heteroatoms. The van der Waals surface area contributed by atoms with Crippen molar-refractivity contribution in [2.24, 2.45) is 17.4 Å². The number of rotatable bonds is 4. The maximum Gasteiger partial charge on any atom is 0.269 e. The molecule has 4 rings (SSSR count). The predicted molar refractivity (Wildman–Crippen MR) is 103 cm³/mol. The number of nitrogens with two attached hydrogens (primary N) is 2. The Balaban J connectivity index is 1.62. The van der Waals surface area contributed by atoms with Crippen LogP contribution in [0.25, 0.3) is 5.70 Å². The molecule has 142 valence electrons. The van der Waals surface area contributed by atoms with Gasteiger partial charge in [0.15, 0.2) is 5.82 Å². The van der Waals surface area contributed by atoms with Crippen LogP contribution in [0.15, 0.2) is 42.7 Å². The largest absolute Gasteiger partial charge is 0.353 e. The summed E-state index contributed by atoms with van der Waals surface area (Å²) in [6.45, 7) is 0. The second kappa shape index (κ2) is 6.67. The van der Waals surface area contributed by atoms with E-state index in [-0.39, 0.29) is 17.6 Å². The fourth-order valence-electron chi connectivity index (χ4n) is 3.86. The zero-order chi connectivity index (χ0) is 19.0. The van der Waals surface area contributed by atoms with E-state index in [1.165, 1.54) is 12.1 Å². The Hall–Kier alpha value is -2.91. The third-order valence-corrected chi connectivity index (χ3v) is 5.38. The summed E-state index contributed by atoms with van der Waals surface area (Å²) in [6, 6.07) is 6.53. The van der Waals surface area contributed by atoms with Gasteiger partial charge in [-0.25, -0.2) is 9.66 Å². The Kier molecular flexibility index (Phi) is 4.33. The first-order valence-corrected chi connectivity index (χ1v) is 9.05. The lowest BCUT2D eigenvalue weighted by molar-refractivity contribution is -0.384. The van der Waals surface area contributed by atoms with E-state index in [9.17, 15) is 10.1 Å². The first kappa shape index (κ1) is 17.5. The molecule has 9 nitrogen and oxygen atoms in total. The second-order valence-corrected chi connectivity index (χ2v) is 7.26. The smallest absolute Gasteiger partial charge is 0.269 e. The van der Waals surface area contributed by atoms with Gasteiger partial charge in [-0.1, -0.05) is 0 Å². The van der Waals surface area contributed by atoms with Gasteiger partial charge in [-0.2, -0.15) is 0 Å². The molecular formula is C18H23N7O2. The topological polar surface area (TPSA) is 137 Å². The molecule has 1 unspecified atom stereocenters. The van der Waals surface area contributed by atoms with Crippen molar-refractivity contribution < 1.29 is 4.92 Å². The summed E-state index contributed by atoms with van der Waals surface area (Å²) in [5.74, 6) is 0.962. The van der Waals surface area contributed by atoms with Crippen LogP contribution in [0.3, 0.4) is 0 Å². The summed E-state index contributed by atoms with van der Waals surface area (Å²) < 4.78 is 1.82. The summed E-state index contributed by atoms with van der Waals surface area (Å²) >= 11 is 0. The van der Waals surface area contributed by atoms with E-state index in [4.69, 9.17) is 11.5 Å². The lowest BCUT2D eigenvalue weighted by Gasteiger charge is -2.42. The molecule has 1 fully saturated rings. The van der Waals surface area contributed by atoms with Crippen molar-refractivity contribution in [3.63, 3.8) is 0 Å². The number of nitrogens with zero attached hydrogens (tertiary/aromatic N) is 3. The van der Waals surface area contributed by atoms with E-state index in [0.717, 1.165) is 37.1 Å². The number of benzene rings is 1. The fraction of sp³-hybridized carbons (Fsp3) is 0.389. The van der Waals surface area contributed by atoms with E-state index < -0.39 is 10.6 Å². The number of non-ortho nitro benzene ring substituents is 1. The molecule has 6 N–H and O–H groups in total. The molecule has 1 atom stereocenters. The predicted octanol–water partition coefficient (Wildman–Crippen LogP) is 1.97. The Morgan fingerprint density at radius 3 is 2.63 bits per heavy atom. The zero-order valence-electron chi connectivity index (χ0n) is 14.8. The highest BCUT2D eigenvalue weighted by atomic mass is 16.6. The van der Waals surface area contributed by atoms with Gasteiger partial charge in [0.1, 0.15) is 5.66 Å². The van der Waals surface area contributed by atoms with Gasteiger partial charge in [0, 0.05) is 42.2 Å². The number of imidazole rings is 1. The number of hydrogen-bond acceptors (Lipinski definition) is 7. The summed E-state index contributed by atoms with van der Waals surface area (Å²) in [4.78, 5) is 14.8. The third-order valence-electron chi connectivity index (χ3n) is 5.38. The lowest BCUT2D eigenvalue weighted by atomic mass is 9.78. The van der Waals surface area contributed by atoms with Crippen molar-refractivity contribution in [2.45, 2.75) is 37.4 Å². The molecule has 1 aromatic carbocycles. The molecule has 2 aromatic rings. The van der Waals surface area contributed by atoms with Crippen LogP contribution in [0.2, 0.25) is 0 Å². The third kappa shape index (κ3) is 3.38. The average molecular weight is 369 g/mol. The minimum Gasteiger partial charge on any atom is -0.353 e. The van der Waals surface area contributed by atoms with E-state index in [1.54, 1.807) is 18.3 Å². The second-order valence-electron chi connectivity index (χ2n) is 7.26. The molecule has 0 spiro atoms. The van der Waals surface area contributed by atoms with Crippen LogP contribution in [0.1, 0.15) is 31.5 Å². The Morgan fingerprint density at radius 1 is 1.26 bits per heavy atom. The normalized spacial score (nSPS) is 27.3. The Bertz CT molecular complexity index is 868. The van der Waals surface area contributed by atoms with Crippen LogP contribution in [-0.4, -0.2) is 26.3 Å². The van der Waals surface area contributed by atoms with E-state index in [1.807, 2.05) is 16.9 Å². The first-order chi connectivity index (χ1) is 12.9. The maximum atomic E-state index is 10.8. The summed E-state index contributed by atoms with van der Waals surface area (Å²) in [7, 11) is 0. The van der Waals surface area contributed by atoms with Crippen molar-refractivity contribution in [2.75, 3.05) is 10.7 Å². The van der Waals surface area contributed by atoms with E-state index in [2.05, 4.69) is 15.7 Å². The van der Waals surface area contributed by atoms with Gasteiger partial charge in [0.05, 0.1) is 10.6 Å². The van der Waals surface area contributed by atoms with Crippen molar-refractivity contribution in [3.8, 4) is 0 Å². The van der Waals surface area contributed by atoms with Crippen molar-refractivity contribution in [3.05, 3.63) is 58.7 Å². The van der Waals surface area contributed by atoms with E-state index in [0.29, 0.717) is 5.82 Å². The maximum absolute atomic E-state index is 10.8. The van der Waals surface area contributed by atoms with Gasteiger partial charge in [-0.15, -0.1) is 0 Å². The minimum atomic E-state index is -0.725. The molecule has 1 aromatic heterocycles. The van der Waals surface area contributed by atoms with Crippen LogP contribution in [0.5, 0.6) is 0 Å². The average Bonchev–Trinajstić information content (AvgIpc) is 3.11. The molecule has 0 amide bonds. The van der Waals surface area contributed by atoms with Crippen molar-refractivity contribution in [1.82, 2.24) is 9.66 Å². The molecule has 2 aliphatic rings. The lowest BCUT2D eigenvalue weighted by Crippen LogP contribution is -2.58. The van der Waals surface area contributed by atoms with Gasteiger partial charge in [-0.05, 0) is 43.9 Å². The monoisotopic (exact) mass is 369 g/mol. The minimum absolute atomic E-state index is 0.0491. The Morgan fingerprint density at radius 2 is 1.96 bits per heavy atom. The summed E-state index contributed by atoms with van der Waals surface area (Å²) in [5.41, 5.74) is 17.0. The van der Waals surface area contributed by atoms with Gasteiger partial charge < -0.3 is 22.2 Å². The van der Waals surface area contributed by atoms with Crippen LogP contribution in [-0.2, 0) is 0 Å². The molecule has 0 bridgehead atoms. The molecular weight excluding hydrogens is 346 g/mol. The van der Waals surface area contributed by atoms with Gasteiger partial charge in [-0.3, -0.25) is 10.1 Å². The number of nitro benzene ring substituents is 1. The summed E-state index contributed by atoms with van der Waals surface area (Å²) in [5, 5.41) is 14.1. The number of nitrogens with one attached hydrogen (secondary N) is 2. The highest BCUT2D eigenvalue weighted by Crippen LogP contribution is 2.35. The van der Waals surface area contributed by atoms with Crippen LogP contribution >= 0.6 is 0 Å². The van der Waals surface area contributed by atoms with Gasteiger partial charge >= 0.3 is 0 Å². The van der Waals surface area contributed by atoms with Crippen LogP contribution in [0.4, 0.5) is 11.4 Å². The number of hydrogen-bond donors (Lipinski definition) is 4. The molecule has 1 aliphatic heterocycles. The standard InChI is InChI=1S/C18H23N7O2/c19-13-3-1-12(2-4-13)18(20)11-16(17-21-9-10-24(17)23-18)22-14-5-7-15(8-6-14)25(26)27/h5-13,22-23H,1-4,19-20H2. The highest BCUT2D eigenvalue weighted by Gasteiger charge is 2.39.